The van der Waals surface area contributed by atoms with Gasteiger partial charge in [0.15, 0.2) is 0 Å². The fourth-order valence-corrected chi connectivity index (χ4v) is 4.29. The molecular formula is C22H23N3O3S. The fraction of sp³-hybridized carbons (Fsp3) is 0.273. The molecule has 1 N–H and O–H groups in total. The number of hydrogen-bond donors (Lipinski definition) is 1. The first-order valence-corrected chi connectivity index (χ1v) is 10.6. The highest BCUT2D eigenvalue weighted by Crippen LogP contribution is 2.33. The van der Waals surface area contributed by atoms with Crippen molar-refractivity contribution in [2.24, 2.45) is 0 Å². The Morgan fingerprint density at radius 1 is 1.07 bits per heavy atom. The third-order valence-corrected chi connectivity index (χ3v) is 5.83. The monoisotopic (exact) mass is 409 g/mol. The number of pyridine rings is 1. The van der Waals surface area contributed by atoms with Crippen molar-refractivity contribution in [2.45, 2.75) is 0 Å². The van der Waals surface area contributed by atoms with Gasteiger partial charge in [0.05, 0.1) is 19.9 Å². The Balaban J connectivity index is 1.79. The Bertz CT molecular complexity index is 1030. The summed E-state index contributed by atoms with van der Waals surface area (Å²) >= 11 is 1.87. The second-order valence-corrected chi connectivity index (χ2v) is 7.90. The molecule has 0 spiro atoms. The Hall–Kier alpha value is -2.93. The van der Waals surface area contributed by atoms with E-state index in [9.17, 15) is 4.79 Å². The van der Waals surface area contributed by atoms with Crippen molar-refractivity contribution in [3.05, 3.63) is 54.2 Å². The van der Waals surface area contributed by atoms with E-state index in [4.69, 9.17) is 9.47 Å². The third kappa shape index (κ3) is 4.10. The van der Waals surface area contributed by atoms with Crippen LogP contribution in [0, 0.1) is 0 Å². The second-order valence-electron chi connectivity index (χ2n) is 6.67. The number of nitrogens with zero attached hydrogens (tertiary/aromatic N) is 2. The van der Waals surface area contributed by atoms with E-state index in [1.807, 2.05) is 65.2 Å². The number of fused-ring (bicyclic) bond motifs is 1. The average molecular weight is 410 g/mol. The molecular weight excluding hydrogens is 386 g/mol. The number of rotatable bonds is 5. The van der Waals surface area contributed by atoms with Gasteiger partial charge in [0.2, 0.25) is 0 Å². The minimum Gasteiger partial charge on any atom is -0.497 e. The highest BCUT2D eigenvalue weighted by molar-refractivity contribution is 7.99. The van der Waals surface area contributed by atoms with Crippen LogP contribution in [-0.2, 0) is 0 Å². The van der Waals surface area contributed by atoms with Gasteiger partial charge in [-0.2, -0.15) is 11.8 Å². The average Bonchev–Trinajstić information content (AvgIpc) is 2.78. The third-order valence-electron chi connectivity index (χ3n) is 4.89. The van der Waals surface area contributed by atoms with Crippen LogP contribution in [0.5, 0.6) is 11.5 Å². The van der Waals surface area contributed by atoms with Gasteiger partial charge in [-0.25, -0.2) is 4.98 Å². The smallest absolute Gasteiger partial charge is 0.272 e. The lowest BCUT2D eigenvalue weighted by Crippen LogP contribution is -2.38. The molecule has 1 saturated heterocycles. The van der Waals surface area contributed by atoms with Crippen LogP contribution in [-0.4, -0.2) is 54.6 Å². The molecule has 0 bridgehead atoms. The maximum atomic E-state index is 13.1. The largest absolute Gasteiger partial charge is 0.497 e. The molecule has 1 amide bonds. The summed E-state index contributed by atoms with van der Waals surface area (Å²) in [6, 6.07) is 15.3. The van der Waals surface area contributed by atoms with Gasteiger partial charge in [-0.15, -0.1) is 0 Å². The van der Waals surface area contributed by atoms with E-state index in [2.05, 4.69) is 10.3 Å². The zero-order valence-corrected chi connectivity index (χ0v) is 17.3. The molecule has 0 unspecified atom stereocenters. The summed E-state index contributed by atoms with van der Waals surface area (Å²) in [6.45, 7) is 1.49. The Morgan fingerprint density at radius 2 is 1.86 bits per heavy atom. The van der Waals surface area contributed by atoms with Crippen LogP contribution in [0.15, 0.2) is 48.5 Å². The number of para-hydroxylation sites is 1. The molecule has 1 aliphatic rings. The number of ether oxygens (including phenoxy) is 2. The van der Waals surface area contributed by atoms with E-state index in [-0.39, 0.29) is 5.91 Å². The fourth-order valence-electron chi connectivity index (χ4n) is 3.38. The SMILES string of the molecule is COc1cccc(Nc2cc(C(=O)N3CCSCC3)nc3c(OC)cccc23)c1. The normalized spacial score (nSPS) is 13.9. The van der Waals surface area contributed by atoms with Crippen LogP contribution >= 0.6 is 11.8 Å². The molecule has 2 heterocycles. The van der Waals surface area contributed by atoms with Gasteiger partial charge in [-0.3, -0.25) is 4.79 Å². The summed E-state index contributed by atoms with van der Waals surface area (Å²) in [5.74, 6) is 3.26. The zero-order chi connectivity index (χ0) is 20.2. The van der Waals surface area contributed by atoms with Gasteiger partial charge in [0.1, 0.15) is 22.7 Å². The summed E-state index contributed by atoms with van der Waals surface area (Å²) in [4.78, 5) is 19.7. The molecule has 4 rings (SSSR count). The van der Waals surface area contributed by atoms with E-state index < -0.39 is 0 Å². The number of hydrogen-bond acceptors (Lipinski definition) is 6. The van der Waals surface area contributed by atoms with Crippen molar-refractivity contribution < 1.29 is 14.3 Å². The van der Waals surface area contributed by atoms with E-state index in [1.54, 1.807) is 14.2 Å². The standard InChI is InChI=1S/C22H23N3O3S/c1-27-16-6-3-5-15(13-16)23-18-14-19(22(26)25-9-11-29-12-10-25)24-21-17(18)7-4-8-20(21)28-2/h3-8,13-14H,9-12H2,1-2H3,(H,23,24). The first kappa shape index (κ1) is 19.4. The summed E-state index contributed by atoms with van der Waals surface area (Å²) < 4.78 is 10.8. The number of methoxy groups -OCH3 is 2. The number of anilines is 2. The number of aromatic nitrogens is 1. The van der Waals surface area contributed by atoms with Gasteiger partial charge >= 0.3 is 0 Å². The van der Waals surface area contributed by atoms with Crippen LogP contribution in [0.2, 0.25) is 0 Å². The van der Waals surface area contributed by atoms with Gasteiger partial charge < -0.3 is 19.7 Å². The van der Waals surface area contributed by atoms with Crippen LogP contribution < -0.4 is 14.8 Å². The summed E-state index contributed by atoms with van der Waals surface area (Å²) in [5, 5.41) is 4.31. The van der Waals surface area contributed by atoms with Crippen LogP contribution in [0.3, 0.4) is 0 Å². The van der Waals surface area contributed by atoms with Gasteiger partial charge in [-0.1, -0.05) is 18.2 Å². The molecule has 0 radical (unpaired) electrons. The quantitative estimate of drug-likeness (QED) is 0.682. The number of thioether (sulfide) groups is 1. The van der Waals surface area contributed by atoms with Gasteiger partial charge in [0.25, 0.3) is 5.91 Å². The lowest BCUT2D eigenvalue weighted by molar-refractivity contribution is 0.0767. The predicted octanol–water partition coefficient (Wildman–Crippen LogP) is 4.18. The lowest BCUT2D eigenvalue weighted by atomic mass is 10.1. The molecule has 0 atom stereocenters. The topological polar surface area (TPSA) is 63.7 Å². The van der Waals surface area contributed by atoms with Crippen molar-refractivity contribution >= 4 is 39.9 Å². The minimum atomic E-state index is -0.0493. The van der Waals surface area contributed by atoms with Gasteiger partial charge in [0, 0.05) is 41.7 Å². The molecule has 29 heavy (non-hydrogen) atoms. The van der Waals surface area contributed by atoms with Crippen molar-refractivity contribution in [3.8, 4) is 11.5 Å². The van der Waals surface area contributed by atoms with Crippen molar-refractivity contribution in [1.82, 2.24) is 9.88 Å². The van der Waals surface area contributed by atoms with Gasteiger partial charge in [-0.05, 0) is 24.3 Å². The Kier molecular flexibility index (Phi) is 5.76. The highest BCUT2D eigenvalue weighted by Gasteiger charge is 2.22. The molecule has 150 valence electrons. The number of amides is 1. The molecule has 1 fully saturated rings. The molecule has 2 aromatic carbocycles. The summed E-state index contributed by atoms with van der Waals surface area (Å²) in [6.07, 6.45) is 0. The molecule has 0 saturated carbocycles. The second kappa shape index (κ2) is 8.61. The number of carbonyl (C=O) groups excluding carboxylic acids is 1. The highest BCUT2D eigenvalue weighted by atomic mass is 32.2. The van der Waals surface area contributed by atoms with Crippen molar-refractivity contribution in [1.29, 1.82) is 0 Å². The number of nitrogens with one attached hydrogen (secondary N) is 1. The first-order chi connectivity index (χ1) is 14.2. The molecule has 1 aromatic heterocycles. The number of carbonyl (C=O) groups is 1. The van der Waals surface area contributed by atoms with Crippen molar-refractivity contribution in [3.63, 3.8) is 0 Å². The minimum absolute atomic E-state index is 0.0493. The molecule has 6 nitrogen and oxygen atoms in total. The van der Waals surface area contributed by atoms with E-state index >= 15 is 0 Å². The van der Waals surface area contributed by atoms with E-state index in [0.29, 0.717) is 17.0 Å². The Labute approximate surface area is 174 Å². The molecule has 1 aliphatic heterocycles. The van der Waals surface area contributed by atoms with Crippen LogP contribution in [0.4, 0.5) is 11.4 Å². The predicted molar refractivity (Wildman–Crippen MR) is 118 cm³/mol. The first-order valence-electron chi connectivity index (χ1n) is 9.45. The lowest BCUT2D eigenvalue weighted by Gasteiger charge is -2.26. The van der Waals surface area contributed by atoms with Crippen LogP contribution in [0.25, 0.3) is 10.9 Å². The summed E-state index contributed by atoms with van der Waals surface area (Å²) in [5.41, 5.74) is 2.75. The Morgan fingerprint density at radius 3 is 2.62 bits per heavy atom. The van der Waals surface area contributed by atoms with E-state index in [0.717, 1.165) is 47.1 Å². The zero-order valence-electron chi connectivity index (χ0n) is 16.5. The summed E-state index contributed by atoms with van der Waals surface area (Å²) in [7, 11) is 3.25. The molecule has 0 aliphatic carbocycles. The van der Waals surface area contributed by atoms with E-state index in [1.165, 1.54) is 0 Å². The molecule has 7 heteroatoms. The molecule has 3 aromatic rings. The maximum absolute atomic E-state index is 13.1. The number of benzene rings is 2. The maximum Gasteiger partial charge on any atom is 0.272 e. The van der Waals surface area contributed by atoms with Crippen LogP contribution in [0.1, 0.15) is 10.5 Å². The van der Waals surface area contributed by atoms with Crippen molar-refractivity contribution in [2.75, 3.05) is 44.1 Å².